The predicted molar refractivity (Wildman–Crippen MR) is 203 cm³/mol. The summed E-state index contributed by atoms with van der Waals surface area (Å²) in [4.78, 5) is 8.80. The van der Waals surface area contributed by atoms with Crippen LogP contribution in [0, 0.1) is 13.8 Å². The standard InChI is InChI=1S/C38H34N14O8/c1-21-13-28(48-59-21)35-43-41-32-15-30(37(46-51(32)35)57-18-24-7-9-31-39-10-11-50(31)45-24)56-20-27-33(53-3)38(47-52-34(27)42-44-36(52)29-14-22(2)60-49-29)58-17-23-6-8-25(16-40-23)55-19-26-5-4-12-54-26/h6-11,13-16,26H,4-5,12,17-20H2,1-3H3. The Labute approximate surface area is 338 Å². The van der Waals surface area contributed by atoms with Gasteiger partial charge in [-0.2, -0.15) is 14.1 Å². The summed E-state index contributed by atoms with van der Waals surface area (Å²) in [5.74, 6) is 3.13. The summed E-state index contributed by atoms with van der Waals surface area (Å²) in [6.07, 6.45) is 7.16. The van der Waals surface area contributed by atoms with E-state index in [1.807, 2.05) is 24.3 Å². The fourth-order valence-corrected chi connectivity index (χ4v) is 6.54. The van der Waals surface area contributed by atoms with Crippen LogP contribution < -0.4 is 23.7 Å². The van der Waals surface area contributed by atoms with Crippen LogP contribution in [0.15, 0.2) is 70.1 Å². The number of imidazole rings is 1. The van der Waals surface area contributed by atoms with Crippen LogP contribution in [0.2, 0.25) is 0 Å². The summed E-state index contributed by atoms with van der Waals surface area (Å²) in [5, 5.41) is 39.8. The molecule has 22 heteroatoms. The Balaban J connectivity index is 0.978. The number of methoxy groups -OCH3 is 1. The molecular formula is C38H34N14O8. The first-order chi connectivity index (χ1) is 29.5. The number of nitrogens with zero attached hydrogens (tertiary/aromatic N) is 14. The zero-order chi connectivity index (χ0) is 40.6. The third-order valence-electron chi connectivity index (χ3n) is 9.47. The zero-order valence-corrected chi connectivity index (χ0v) is 32.3. The van der Waals surface area contributed by atoms with E-state index in [1.165, 1.54) is 16.1 Å². The quantitative estimate of drug-likeness (QED) is 0.141. The van der Waals surface area contributed by atoms with E-state index in [0.29, 0.717) is 80.8 Å². The highest BCUT2D eigenvalue weighted by atomic mass is 16.5. The first kappa shape index (κ1) is 36.6. The lowest BCUT2D eigenvalue weighted by molar-refractivity contribution is 0.0678. The number of pyridine rings is 1. The van der Waals surface area contributed by atoms with Gasteiger partial charge in [-0.25, -0.2) is 9.50 Å². The molecule has 1 unspecified atom stereocenters. The van der Waals surface area contributed by atoms with Crippen molar-refractivity contribution in [2.45, 2.75) is 52.6 Å². The maximum atomic E-state index is 6.51. The first-order valence-electron chi connectivity index (χ1n) is 18.8. The number of hydrogen-bond donors (Lipinski definition) is 0. The number of aryl methyl sites for hydroxylation is 2. The molecule has 0 spiro atoms. The number of hydrogen-bond acceptors (Lipinski definition) is 19. The molecule has 1 fully saturated rings. The van der Waals surface area contributed by atoms with Crippen molar-refractivity contribution < 1.29 is 37.5 Å². The van der Waals surface area contributed by atoms with Crippen molar-refractivity contribution in [3.63, 3.8) is 0 Å². The summed E-state index contributed by atoms with van der Waals surface area (Å²) < 4.78 is 51.8. The van der Waals surface area contributed by atoms with E-state index in [4.69, 9.17) is 47.7 Å². The molecule has 0 saturated carbocycles. The van der Waals surface area contributed by atoms with Crippen molar-refractivity contribution in [2.75, 3.05) is 20.3 Å². The van der Waals surface area contributed by atoms with E-state index in [1.54, 1.807) is 55.2 Å². The van der Waals surface area contributed by atoms with E-state index < -0.39 is 0 Å². The molecule has 0 N–H and O–H groups in total. The average Bonchev–Trinajstić information content (AvgIpc) is 4.13. The minimum absolute atomic E-state index is 0.0328. The summed E-state index contributed by atoms with van der Waals surface area (Å²) >= 11 is 0. The molecule has 60 heavy (non-hydrogen) atoms. The third kappa shape index (κ3) is 7.18. The van der Waals surface area contributed by atoms with E-state index in [2.05, 4.69) is 45.8 Å². The molecule has 304 valence electrons. The Morgan fingerprint density at radius 2 is 1.50 bits per heavy atom. The third-order valence-corrected chi connectivity index (χ3v) is 9.47. The highest BCUT2D eigenvalue weighted by Crippen LogP contribution is 2.36. The Hall–Kier alpha value is -7.75. The molecule has 0 radical (unpaired) electrons. The number of aromatic nitrogens is 14. The second-order valence-electron chi connectivity index (χ2n) is 13.7. The van der Waals surface area contributed by atoms with Gasteiger partial charge in [0.1, 0.15) is 43.7 Å². The molecule has 0 bridgehead atoms. The average molecular weight is 815 g/mol. The minimum atomic E-state index is -0.145. The van der Waals surface area contributed by atoms with Crippen molar-refractivity contribution in [1.82, 2.24) is 69.5 Å². The van der Waals surface area contributed by atoms with Gasteiger partial charge in [-0.1, -0.05) is 10.3 Å². The Morgan fingerprint density at radius 1 is 0.733 bits per heavy atom. The van der Waals surface area contributed by atoms with Crippen molar-refractivity contribution >= 4 is 16.9 Å². The fourth-order valence-electron chi connectivity index (χ4n) is 6.54. The van der Waals surface area contributed by atoms with E-state index in [0.717, 1.165) is 19.4 Å². The molecule has 0 aromatic carbocycles. The van der Waals surface area contributed by atoms with Crippen LogP contribution in [0.3, 0.4) is 0 Å². The largest absolute Gasteiger partial charge is 0.491 e. The van der Waals surface area contributed by atoms with Gasteiger partial charge in [0, 0.05) is 37.2 Å². The molecule has 0 aliphatic carbocycles. The molecule has 9 aromatic rings. The van der Waals surface area contributed by atoms with Crippen LogP contribution in [0.1, 0.15) is 41.3 Å². The molecule has 1 atom stereocenters. The molecule has 10 heterocycles. The zero-order valence-electron chi connectivity index (χ0n) is 32.3. The first-order valence-corrected chi connectivity index (χ1v) is 18.8. The molecule has 1 saturated heterocycles. The molecular weight excluding hydrogens is 781 g/mol. The second kappa shape index (κ2) is 15.5. The van der Waals surface area contributed by atoms with Gasteiger partial charge in [0.25, 0.3) is 11.8 Å². The molecule has 22 nitrogen and oxygen atoms in total. The lowest BCUT2D eigenvalue weighted by Gasteiger charge is -2.16. The Morgan fingerprint density at radius 3 is 2.25 bits per heavy atom. The molecule has 0 amide bonds. The normalized spacial score (nSPS) is 14.1. The lowest BCUT2D eigenvalue weighted by Crippen LogP contribution is -2.16. The summed E-state index contributed by atoms with van der Waals surface area (Å²) in [6.45, 7) is 4.71. The van der Waals surface area contributed by atoms with E-state index in [-0.39, 0.29) is 49.2 Å². The predicted octanol–water partition coefficient (Wildman–Crippen LogP) is 4.23. The van der Waals surface area contributed by atoms with Gasteiger partial charge in [-0.15, -0.1) is 30.6 Å². The number of rotatable bonds is 15. The van der Waals surface area contributed by atoms with E-state index >= 15 is 0 Å². The maximum Gasteiger partial charge on any atom is 0.275 e. The van der Waals surface area contributed by atoms with Gasteiger partial charge in [0.05, 0.1) is 36.4 Å². The topological polar surface area (TPSA) is 237 Å². The monoisotopic (exact) mass is 814 g/mol. The van der Waals surface area contributed by atoms with Crippen molar-refractivity contribution in [3.05, 3.63) is 89.5 Å². The van der Waals surface area contributed by atoms with Crippen LogP contribution >= 0.6 is 0 Å². The SMILES string of the molecule is COc1c(OCc2ccc(OCC3CCCO3)cn2)nn2c(-c3cc(C)on3)nnc2c1COc1cc2nnc(-c3cc(C)on3)n2nc1OCc1ccc2nccn2n1. The van der Waals surface area contributed by atoms with Gasteiger partial charge in [-0.3, -0.25) is 4.98 Å². The second-order valence-corrected chi connectivity index (χ2v) is 13.7. The number of fused-ring (bicyclic) bond motifs is 3. The molecule has 1 aliphatic rings. The summed E-state index contributed by atoms with van der Waals surface area (Å²) in [7, 11) is 1.50. The smallest absolute Gasteiger partial charge is 0.275 e. The van der Waals surface area contributed by atoms with E-state index in [9.17, 15) is 0 Å². The molecule has 9 aromatic heterocycles. The van der Waals surface area contributed by atoms with Crippen molar-refractivity contribution in [3.8, 4) is 52.0 Å². The fraction of sp³-hybridized carbons (Fsp3) is 0.289. The summed E-state index contributed by atoms with van der Waals surface area (Å²) in [6, 6.07) is 12.4. The van der Waals surface area contributed by atoms with Gasteiger partial charge in [0.2, 0.25) is 11.6 Å². The number of ether oxygens (including phenoxy) is 6. The van der Waals surface area contributed by atoms with Crippen LogP contribution in [-0.4, -0.2) is 95.9 Å². The van der Waals surface area contributed by atoms with Gasteiger partial charge >= 0.3 is 0 Å². The van der Waals surface area contributed by atoms with Crippen LogP contribution in [-0.2, 0) is 24.6 Å². The highest BCUT2D eigenvalue weighted by Gasteiger charge is 2.26. The van der Waals surface area contributed by atoms with Gasteiger partial charge < -0.3 is 37.5 Å². The highest BCUT2D eigenvalue weighted by molar-refractivity contribution is 5.63. The van der Waals surface area contributed by atoms with Crippen molar-refractivity contribution in [1.29, 1.82) is 0 Å². The summed E-state index contributed by atoms with van der Waals surface area (Å²) in [5.41, 5.74) is 3.87. The van der Waals surface area contributed by atoms with Gasteiger partial charge in [-0.05, 0) is 51.0 Å². The lowest BCUT2D eigenvalue weighted by atomic mass is 10.2. The van der Waals surface area contributed by atoms with Gasteiger partial charge in [0.15, 0.2) is 39.8 Å². The molecule has 10 rings (SSSR count). The minimum Gasteiger partial charge on any atom is -0.491 e. The Kier molecular flexibility index (Phi) is 9.48. The van der Waals surface area contributed by atoms with Crippen LogP contribution in [0.4, 0.5) is 0 Å². The maximum absolute atomic E-state index is 6.51. The van der Waals surface area contributed by atoms with Crippen molar-refractivity contribution in [2.24, 2.45) is 0 Å². The Bertz CT molecular complexity index is 2950. The molecule has 1 aliphatic heterocycles. The van der Waals surface area contributed by atoms with Crippen LogP contribution in [0.5, 0.6) is 29.0 Å². The van der Waals surface area contributed by atoms with Crippen LogP contribution in [0.25, 0.3) is 40.0 Å².